The van der Waals surface area contributed by atoms with Crippen LogP contribution in [0.25, 0.3) is 0 Å². The Labute approximate surface area is 84.4 Å². The smallest absolute Gasteiger partial charge is 0.136 e. The zero-order valence-electron chi connectivity index (χ0n) is 8.56. The number of aryl methyl sites for hydroxylation is 1. The molecule has 1 heterocycles. The zero-order valence-corrected chi connectivity index (χ0v) is 9.31. The molecule has 0 aliphatic rings. The third-order valence-corrected chi connectivity index (χ3v) is 2.31. The Bertz CT molecular complexity index is 308. The summed E-state index contributed by atoms with van der Waals surface area (Å²) in [5, 5.41) is 0.610. The van der Waals surface area contributed by atoms with Gasteiger partial charge in [0.25, 0.3) is 0 Å². The summed E-state index contributed by atoms with van der Waals surface area (Å²) in [4.78, 5) is 8.55. The van der Waals surface area contributed by atoms with E-state index in [1.165, 1.54) is 0 Å². The zero-order chi connectivity index (χ0) is 10.0. The molecule has 2 nitrogen and oxygen atoms in total. The molecule has 0 spiro atoms. The molecule has 72 valence electrons. The Morgan fingerprint density at radius 1 is 1.31 bits per heavy atom. The number of rotatable bonds is 2. The van der Waals surface area contributed by atoms with Crippen molar-refractivity contribution in [3.63, 3.8) is 0 Å². The highest BCUT2D eigenvalue weighted by Crippen LogP contribution is 2.23. The average molecular weight is 199 g/mol. The van der Waals surface area contributed by atoms with Gasteiger partial charge in [0.05, 0.1) is 5.69 Å². The Morgan fingerprint density at radius 3 is 2.38 bits per heavy atom. The molecule has 13 heavy (non-hydrogen) atoms. The first-order valence-electron chi connectivity index (χ1n) is 4.59. The predicted molar refractivity (Wildman–Crippen MR) is 55.2 cm³/mol. The summed E-state index contributed by atoms with van der Waals surface area (Å²) in [6.45, 7) is 8.19. The van der Waals surface area contributed by atoms with Gasteiger partial charge in [0.1, 0.15) is 11.0 Å². The lowest BCUT2D eigenvalue weighted by Crippen LogP contribution is -2.04. The van der Waals surface area contributed by atoms with Crippen molar-refractivity contribution in [1.29, 1.82) is 0 Å². The topological polar surface area (TPSA) is 25.8 Å². The highest BCUT2D eigenvalue weighted by Gasteiger charge is 2.12. The molecule has 0 radical (unpaired) electrons. The van der Waals surface area contributed by atoms with Crippen molar-refractivity contribution < 1.29 is 0 Å². The maximum Gasteiger partial charge on any atom is 0.136 e. The average Bonchev–Trinajstić information content (AvgIpc) is 2.02. The predicted octanol–water partition coefficient (Wildman–Crippen LogP) is 3.12. The molecule has 0 saturated carbocycles. The van der Waals surface area contributed by atoms with E-state index in [1.807, 2.05) is 6.92 Å². The highest BCUT2D eigenvalue weighted by molar-refractivity contribution is 6.30. The third kappa shape index (κ3) is 2.19. The van der Waals surface area contributed by atoms with Gasteiger partial charge < -0.3 is 0 Å². The van der Waals surface area contributed by atoms with Gasteiger partial charge in [-0.2, -0.15) is 0 Å². The maximum absolute atomic E-state index is 6.03. The van der Waals surface area contributed by atoms with Gasteiger partial charge in [-0.1, -0.05) is 32.4 Å². The standard InChI is InChI=1S/C10H15ClN2/c1-5-8-9(6(2)3)12-7(4)13-10(8)11/h6H,5H2,1-4H3. The molecule has 0 bridgehead atoms. The van der Waals surface area contributed by atoms with E-state index in [1.54, 1.807) is 0 Å². The van der Waals surface area contributed by atoms with Crippen LogP contribution in [-0.2, 0) is 6.42 Å². The highest BCUT2D eigenvalue weighted by atomic mass is 35.5. The second kappa shape index (κ2) is 4.05. The van der Waals surface area contributed by atoms with Gasteiger partial charge in [-0.15, -0.1) is 0 Å². The van der Waals surface area contributed by atoms with Crippen molar-refractivity contribution in [1.82, 2.24) is 9.97 Å². The second-order valence-electron chi connectivity index (χ2n) is 3.43. The molecule has 0 N–H and O–H groups in total. The van der Waals surface area contributed by atoms with Gasteiger partial charge in [0, 0.05) is 5.56 Å². The van der Waals surface area contributed by atoms with E-state index in [4.69, 9.17) is 11.6 Å². The molecule has 0 aliphatic carbocycles. The molecule has 0 unspecified atom stereocenters. The first kappa shape index (κ1) is 10.5. The number of aromatic nitrogens is 2. The quantitative estimate of drug-likeness (QED) is 0.683. The molecule has 0 aliphatic heterocycles. The molecule has 1 aromatic heterocycles. The van der Waals surface area contributed by atoms with Crippen molar-refractivity contribution in [2.24, 2.45) is 0 Å². The van der Waals surface area contributed by atoms with Gasteiger partial charge >= 0.3 is 0 Å². The van der Waals surface area contributed by atoms with Gasteiger partial charge in [-0.3, -0.25) is 0 Å². The van der Waals surface area contributed by atoms with Crippen LogP contribution in [0.1, 0.15) is 43.8 Å². The minimum atomic E-state index is 0.411. The SMILES string of the molecule is CCc1c(Cl)nc(C)nc1C(C)C. The largest absolute Gasteiger partial charge is 0.238 e. The number of halogens is 1. The minimum absolute atomic E-state index is 0.411. The molecular formula is C10H15ClN2. The van der Waals surface area contributed by atoms with E-state index in [-0.39, 0.29) is 0 Å². The van der Waals surface area contributed by atoms with Crippen LogP contribution in [0.5, 0.6) is 0 Å². The van der Waals surface area contributed by atoms with E-state index in [2.05, 4.69) is 30.7 Å². The second-order valence-corrected chi connectivity index (χ2v) is 3.79. The number of nitrogens with zero attached hydrogens (tertiary/aromatic N) is 2. The fourth-order valence-electron chi connectivity index (χ4n) is 1.39. The number of hydrogen-bond acceptors (Lipinski definition) is 2. The van der Waals surface area contributed by atoms with Gasteiger partial charge in [-0.05, 0) is 19.3 Å². The third-order valence-electron chi connectivity index (χ3n) is 2.00. The van der Waals surface area contributed by atoms with Crippen molar-refractivity contribution in [3.05, 3.63) is 22.2 Å². The summed E-state index contributed by atoms with van der Waals surface area (Å²) >= 11 is 6.03. The van der Waals surface area contributed by atoms with Gasteiger partial charge in [0.15, 0.2) is 0 Å². The van der Waals surface area contributed by atoms with Crippen LogP contribution < -0.4 is 0 Å². The lowest BCUT2D eigenvalue weighted by Gasteiger charge is -2.11. The Kier molecular flexibility index (Phi) is 3.26. The Morgan fingerprint density at radius 2 is 1.92 bits per heavy atom. The summed E-state index contributed by atoms with van der Waals surface area (Å²) in [6, 6.07) is 0. The lowest BCUT2D eigenvalue weighted by molar-refractivity contribution is 0.776. The molecule has 1 rings (SSSR count). The Hall–Kier alpha value is -0.630. The van der Waals surface area contributed by atoms with E-state index in [0.29, 0.717) is 11.1 Å². The minimum Gasteiger partial charge on any atom is -0.238 e. The Balaban J connectivity index is 3.29. The van der Waals surface area contributed by atoms with Crippen molar-refractivity contribution >= 4 is 11.6 Å². The monoisotopic (exact) mass is 198 g/mol. The molecule has 1 aromatic rings. The molecule has 0 saturated heterocycles. The number of hydrogen-bond donors (Lipinski definition) is 0. The van der Waals surface area contributed by atoms with Crippen LogP contribution in [0.15, 0.2) is 0 Å². The molecule has 0 fully saturated rings. The van der Waals surface area contributed by atoms with Crippen LogP contribution >= 0.6 is 11.6 Å². The van der Waals surface area contributed by atoms with E-state index >= 15 is 0 Å². The van der Waals surface area contributed by atoms with Crippen LogP contribution in [0.3, 0.4) is 0 Å². The summed E-state index contributed by atoms with van der Waals surface area (Å²) in [7, 11) is 0. The van der Waals surface area contributed by atoms with Crippen molar-refractivity contribution in [2.75, 3.05) is 0 Å². The van der Waals surface area contributed by atoms with Crippen LogP contribution in [0.4, 0.5) is 0 Å². The summed E-state index contributed by atoms with van der Waals surface area (Å²) in [6.07, 6.45) is 0.895. The molecule has 3 heteroatoms. The van der Waals surface area contributed by atoms with Gasteiger partial charge in [0.2, 0.25) is 0 Å². The van der Waals surface area contributed by atoms with Crippen LogP contribution in [0, 0.1) is 6.92 Å². The lowest BCUT2D eigenvalue weighted by atomic mass is 10.0. The normalized spacial score (nSPS) is 10.9. The van der Waals surface area contributed by atoms with Gasteiger partial charge in [-0.25, -0.2) is 9.97 Å². The summed E-state index contributed by atoms with van der Waals surface area (Å²) in [5.41, 5.74) is 2.17. The maximum atomic E-state index is 6.03. The van der Waals surface area contributed by atoms with E-state index in [0.717, 1.165) is 23.5 Å². The van der Waals surface area contributed by atoms with Crippen molar-refractivity contribution in [2.45, 2.75) is 40.0 Å². The molecule has 0 atom stereocenters. The van der Waals surface area contributed by atoms with E-state index in [9.17, 15) is 0 Å². The first-order chi connectivity index (χ1) is 6.06. The molecular weight excluding hydrogens is 184 g/mol. The van der Waals surface area contributed by atoms with Crippen molar-refractivity contribution in [3.8, 4) is 0 Å². The molecule has 0 amide bonds. The molecule has 0 aromatic carbocycles. The van der Waals surface area contributed by atoms with Crippen LogP contribution in [0.2, 0.25) is 5.15 Å². The summed E-state index contributed by atoms with van der Waals surface area (Å²) in [5.74, 6) is 1.17. The van der Waals surface area contributed by atoms with Crippen LogP contribution in [-0.4, -0.2) is 9.97 Å². The summed E-state index contributed by atoms with van der Waals surface area (Å²) < 4.78 is 0. The van der Waals surface area contributed by atoms with E-state index < -0.39 is 0 Å². The fraction of sp³-hybridized carbons (Fsp3) is 0.600. The first-order valence-corrected chi connectivity index (χ1v) is 4.97. The fourth-order valence-corrected chi connectivity index (χ4v) is 1.74.